The average Bonchev–Trinajstić information content (AvgIpc) is 3.18. The van der Waals surface area contributed by atoms with Crippen LogP contribution in [0.5, 0.6) is 0 Å². The van der Waals surface area contributed by atoms with Crippen molar-refractivity contribution in [1.29, 1.82) is 0 Å². The lowest BCUT2D eigenvalue weighted by Crippen LogP contribution is -2.15. The van der Waals surface area contributed by atoms with E-state index in [1.54, 1.807) is 0 Å². The van der Waals surface area contributed by atoms with Gasteiger partial charge in [-0.05, 0) is 102 Å². The highest BCUT2D eigenvalue weighted by Crippen LogP contribution is 2.52. The molecule has 0 saturated carbocycles. The third-order valence-corrected chi connectivity index (χ3v) is 7.32. The number of hydrogen-bond donors (Lipinski definition) is 0. The molecule has 0 nitrogen and oxygen atoms in total. The van der Waals surface area contributed by atoms with E-state index in [2.05, 4.69) is 111 Å². The van der Waals surface area contributed by atoms with Gasteiger partial charge in [-0.25, -0.2) is 0 Å². The van der Waals surface area contributed by atoms with Gasteiger partial charge in [0.25, 0.3) is 0 Å². The molecule has 0 aromatic heterocycles. The Morgan fingerprint density at radius 1 is 0.405 bits per heavy atom. The van der Waals surface area contributed by atoms with E-state index in [4.69, 9.17) is 0 Å². The molecule has 0 spiro atoms. The molecule has 188 valence electrons. The number of rotatable bonds is 0. The third kappa shape index (κ3) is 4.29. The van der Waals surface area contributed by atoms with Gasteiger partial charge in [-0.2, -0.15) is 0 Å². The molecule has 0 radical (unpaired) electrons. The summed E-state index contributed by atoms with van der Waals surface area (Å²) >= 11 is 0. The predicted octanol–water partition coefficient (Wildman–Crippen LogP) is 11.7. The van der Waals surface area contributed by atoms with Crippen molar-refractivity contribution in [2.75, 3.05) is 0 Å². The summed E-state index contributed by atoms with van der Waals surface area (Å²) in [7, 11) is 0. The Morgan fingerprint density at radius 2 is 0.865 bits per heavy atom. The molecule has 0 amide bonds. The van der Waals surface area contributed by atoms with Gasteiger partial charge in [-0.1, -0.05) is 116 Å². The lowest BCUT2D eigenvalue weighted by Gasteiger charge is -2.23. The van der Waals surface area contributed by atoms with Gasteiger partial charge in [-0.15, -0.1) is 0 Å². The molecule has 0 atom stereocenters. The summed E-state index contributed by atoms with van der Waals surface area (Å²) < 4.78 is 0. The Hall–Kier alpha value is -3.64. The first-order valence-corrected chi connectivity index (χ1v) is 14.0. The van der Waals surface area contributed by atoms with Crippen LogP contribution in [0.25, 0.3) is 54.2 Å². The lowest BCUT2D eigenvalue weighted by atomic mass is 9.79. The highest BCUT2D eigenvalue weighted by atomic mass is 14.4. The first-order chi connectivity index (χ1) is 18.1. The Kier molecular flexibility index (Phi) is 7.69. The van der Waals surface area contributed by atoms with Gasteiger partial charge in [0.05, 0.1) is 0 Å². The lowest BCUT2D eigenvalue weighted by molar-refractivity contribution is 0.667. The quantitative estimate of drug-likeness (QED) is 0.188. The molecule has 6 aromatic carbocycles. The molecular weight excluding hydrogens is 444 g/mol. The van der Waals surface area contributed by atoms with Gasteiger partial charge in [0.15, 0.2) is 0 Å². The van der Waals surface area contributed by atoms with E-state index in [-0.39, 0.29) is 5.41 Å². The summed E-state index contributed by atoms with van der Waals surface area (Å²) in [6, 6.07) is 36.3. The van der Waals surface area contributed by atoms with Crippen molar-refractivity contribution in [3.05, 3.63) is 108 Å². The first kappa shape index (κ1) is 26.4. The minimum atomic E-state index is -0.0352. The standard InChI is InChI=1S/C31H22.3C2H6/c1-31(2)29-18-25-15-21-9-4-3-8-20(21)14-24(25)17-28(29)26-12-11-23-13-19-7-5-6-10-22(19)16-27(23)30(26)31;3*1-2/h3-18H,1-2H3;3*1-2H3. The smallest absolute Gasteiger partial charge is 0.0165 e. The third-order valence-electron chi connectivity index (χ3n) is 7.32. The van der Waals surface area contributed by atoms with E-state index in [9.17, 15) is 0 Å². The van der Waals surface area contributed by atoms with Gasteiger partial charge in [0.1, 0.15) is 0 Å². The molecule has 1 aliphatic carbocycles. The summed E-state index contributed by atoms with van der Waals surface area (Å²) in [5.74, 6) is 0. The van der Waals surface area contributed by atoms with Crippen molar-refractivity contribution >= 4 is 43.1 Å². The molecule has 0 N–H and O–H groups in total. The monoisotopic (exact) mass is 484 g/mol. The summed E-state index contributed by atoms with van der Waals surface area (Å²) in [5, 5.41) is 10.6. The topological polar surface area (TPSA) is 0 Å². The molecule has 0 saturated heterocycles. The maximum atomic E-state index is 2.43. The van der Waals surface area contributed by atoms with Crippen LogP contribution < -0.4 is 0 Å². The molecule has 0 heterocycles. The second-order valence-electron chi connectivity index (χ2n) is 9.48. The van der Waals surface area contributed by atoms with Crippen molar-refractivity contribution in [2.45, 2.75) is 60.8 Å². The van der Waals surface area contributed by atoms with Gasteiger partial charge < -0.3 is 0 Å². The molecule has 0 unspecified atom stereocenters. The molecule has 0 aliphatic heterocycles. The zero-order valence-electron chi connectivity index (χ0n) is 23.7. The fraction of sp³-hybridized carbons (Fsp3) is 0.243. The van der Waals surface area contributed by atoms with Crippen LogP contribution in [0, 0.1) is 0 Å². The molecule has 0 heteroatoms. The largest absolute Gasteiger partial charge is 0.0683 e. The van der Waals surface area contributed by atoms with E-state index in [1.807, 2.05) is 41.5 Å². The fourth-order valence-corrected chi connectivity index (χ4v) is 5.78. The second kappa shape index (κ2) is 10.8. The van der Waals surface area contributed by atoms with Crippen LogP contribution in [0.15, 0.2) is 97.1 Å². The van der Waals surface area contributed by atoms with Crippen molar-refractivity contribution in [3.63, 3.8) is 0 Å². The molecule has 37 heavy (non-hydrogen) atoms. The first-order valence-electron chi connectivity index (χ1n) is 14.0. The van der Waals surface area contributed by atoms with Crippen molar-refractivity contribution in [1.82, 2.24) is 0 Å². The molecule has 0 fully saturated rings. The van der Waals surface area contributed by atoms with Crippen molar-refractivity contribution < 1.29 is 0 Å². The van der Waals surface area contributed by atoms with Crippen LogP contribution in [-0.2, 0) is 5.41 Å². The van der Waals surface area contributed by atoms with Crippen LogP contribution in [-0.4, -0.2) is 0 Å². The summed E-state index contributed by atoms with van der Waals surface area (Å²) in [4.78, 5) is 0. The van der Waals surface area contributed by atoms with Crippen LogP contribution in [0.4, 0.5) is 0 Å². The summed E-state index contributed by atoms with van der Waals surface area (Å²) in [6.45, 7) is 16.8. The van der Waals surface area contributed by atoms with Crippen LogP contribution in [0.3, 0.4) is 0 Å². The fourth-order valence-electron chi connectivity index (χ4n) is 5.78. The second-order valence-corrected chi connectivity index (χ2v) is 9.48. The van der Waals surface area contributed by atoms with Gasteiger partial charge in [0.2, 0.25) is 0 Å². The zero-order chi connectivity index (χ0) is 26.7. The Bertz CT molecular complexity index is 1700. The Balaban J connectivity index is 0.000000500. The van der Waals surface area contributed by atoms with Crippen LogP contribution >= 0.6 is 0 Å². The number of fused-ring (bicyclic) bond motifs is 8. The highest BCUT2D eigenvalue weighted by molar-refractivity contribution is 6.07. The number of hydrogen-bond acceptors (Lipinski definition) is 0. The van der Waals surface area contributed by atoms with E-state index in [1.165, 1.54) is 65.3 Å². The molecule has 0 bridgehead atoms. The van der Waals surface area contributed by atoms with Crippen LogP contribution in [0.1, 0.15) is 66.5 Å². The Morgan fingerprint density at radius 3 is 1.41 bits per heavy atom. The minimum Gasteiger partial charge on any atom is -0.0683 e. The van der Waals surface area contributed by atoms with Crippen molar-refractivity contribution in [3.8, 4) is 11.1 Å². The highest BCUT2D eigenvalue weighted by Gasteiger charge is 2.37. The van der Waals surface area contributed by atoms with Crippen LogP contribution in [0.2, 0.25) is 0 Å². The molecule has 6 aromatic rings. The maximum Gasteiger partial charge on any atom is 0.0165 e. The Labute approximate surface area is 223 Å². The van der Waals surface area contributed by atoms with Gasteiger partial charge in [0, 0.05) is 5.41 Å². The summed E-state index contributed by atoms with van der Waals surface area (Å²) in [5.41, 5.74) is 5.64. The molecule has 7 rings (SSSR count). The predicted molar refractivity (Wildman–Crippen MR) is 168 cm³/mol. The van der Waals surface area contributed by atoms with Crippen molar-refractivity contribution in [2.24, 2.45) is 0 Å². The molecule has 1 aliphatic rings. The normalized spacial score (nSPS) is 12.5. The summed E-state index contributed by atoms with van der Waals surface area (Å²) in [6.07, 6.45) is 0. The van der Waals surface area contributed by atoms with E-state index < -0.39 is 0 Å². The molecular formula is C37H40. The SMILES string of the molecule is CC.CC.CC.CC1(C)c2cc3cc4ccccc4cc3cc2-c2ccc3cc4ccccc4cc3c21. The maximum absolute atomic E-state index is 2.43. The minimum absolute atomic E-state index is 0.0352. The van der Waals surface area contributed by atoms with E-state index >= 15 is 0 Å². The van der Waals surface area contributed by atoms with E-state index in [0.717, 1.165) is 0 Å². The average molecular weight is 485 g/mol. The van der Waals surface area contributed by atoms with Gasteiger partial charge >= 0.3 is 0 Å². The number of benzene rings is 6. The van der Waals surface area contributed by atoms with E-state index in [0.29, 0.717) is 0 Å². The van der Waals surface area contributed by atoms with Gasteiger partial charge in [-0.3, -0.25) is 0 Å². The zero-order valence-corrected chi connectivity index (χ0v) is 23.7.